The summed E-state index contributed by atoms with van der Waals surface area (Å²) in [6.45, 7) is 0.0784. The standard InChI is InChI=1S/C25H19Cl2N3O3/c26-20-9-5-18(6-10-20)15-29-25(32)19(14-28)13-17-7-11-21(12-8-17)33-16-24(31)30-23-4-2-1-3-22(23)27/h1-13H,15-16H2,(H,29,32)(H,30,31)/b19-13+. The van der Waals surface area contributed by atoms with E-state index in [1.807, 2.05) is 6.07 Å². The quantitative estimate of drug-likeness (QED) is 0.341. The van der Waals surface area contributed by atoms with Crippen LogP contribution in [0.3, 0.4) is 0 Å². The smallest absolute Gasteiger partial charge is 0.262 e. The normalized spacial score (nSPS) is 10.8. The Kier molecular flexibility index (Phi) is 8.48. The molecule has 6 nitrogen and oxygen atoms in total. The lowest BCUT2D eigenvalue weighted by atomic mass is 10.1. The molecule has 3 rings (SSSR count). The van der Waals surface area contributed by atoms with Gasteiger partial charge in [0.25, 0.3) is 11.8 Å². The zero-order valence-corrected chi connectivity index (χ0v) is 18.9. The zero-order valence-electron chi connectivity index (χ0n) is 17.3. The van der Waals surface area contributed by atoms with E-state index in [2.05, 4.69) is 10.6 Å². The van der Waals surface area contributed by atoms with Crippen LogP contribution in [0, 0.1) is 11.3 Å². The SMILES string of the molecule is N#C/C(=C\c1ccc(OCC(=O)Nc2ccccc2Cl)cc1)C(=O)NCc1ccc(Cl)cc1. The summed E-state index contributed by atoms with van der Waals surface area (Å²) in [5.41, 5.74) is 1.98. The monoisotopic (exact) mass is 479 g/mol. The molecule has 0 radical (unpaired) electrons. The Hall–Kier alpha value is -3.79. The van der Waals surface area contributed by atoms with Crippen molar-refractivity contribution in [3.8, 4) is 11.8 Å². The fraction of sp³-hybridized carbons (Fsp3) is 0.0800. The topological polar surface area (TPSA) is 91.2 Å². The van der Waals surface area contributed by atoms with E-state index in [-0.39, 0.29) is 24.6 Å². The van der Waals surface area contributed by atoms with Crippen LogP contribution in [0.4, 0.5) is 5.69 Å². The lowest BCUT2D eigenvalue weighted by Crippen LogP contribution is -2.23. The van der Waals surface area contributed by atoms with E-state index in [1.54, 1.807) is 72.8 Å². The highest BCUT2D eigenvalue weighted by molar-refractivity contribution is 6.33. The molecule has 0 fully saturated rings. The molecule has 2 N–H and O–H groups in total. The molecule has 3 aromatic carbocycles. The van der Waals surface area contributed by atoms with E-state index in [9.17, 15) is 14.9 Å². The fourth-order valence-electron chi connectivity index (χ4n) is 2.75. The van der Waals surface area contributed by atoms with Gasteiger partial charge < -0.3 is 15.4 Å². The van der Waals surface area contributed by atoms with Crippen molar-refractivity contribution in [1.29, 1.82) is 5.26 Å². The van der Waals surface area contributed by atoms with Crippen molar-refractivity contribution >= 4 is 46.8 Å². The Morgan fingerprint density at radius 2 is 1.67 bits per heavy atom. The van der Waals surface area contributed by atoms with Gasteiger partial charge in [-0.25, -0.2) is 0 Å². The zero-order chi connectivity index (χ0) is 23.6. The highest BCUT2D eigenvalue weighted by Gasteiger charge is 2.10. The van der Waals surface area contributed by atoms with Gasteiger partial charge in [0, 0.05) is 11.6 Å². The maximum absolute atomic E-state index is 12.3. The van der Waals surface area contributed by atoms with E-state index in [1.165, 1.54) is 6.08 Å². The minimum atomic E-state index is -0.482. The van der Waals surface area contributed by atoms with Crippen molar-refractivity contribution in [1.82, 2.24) is 5.32 Å². The van der Waals surface area contributed by atoms with Crippen LogP contribution in [0.25, 0.3) is 6.08 Å². The van der Waals surface area contributed by atoms with Crippen molar-refractivity contribution in [2.45, 2.75) is 6.54 Å². The summed E-state index contributed by atoms with van der Waals surface area (Å²) in [6.07, 6.45) is 1.48. The molecule has 33 heavy (non-hydrogen) atoms. The molecule has 0 atom stereocenters. The molecule has 0 saturated carbocycles. The number of nitrogens with one attached hydrogen (secondary N) is 2. The minimum absolute atomic E-state index is 0.0308. The Morgan fingerprint density at radius 1 is 0.970 bits per heavy atom. The second kappa shape index (κ2) is 11.7. The number of hydrogen-bond donors (Lipinski definition) is 2. The molecule has 3 aromatic rings. The number of halogens is 2. The van der Waals surface area contributed by atoms with Crippen molar-refractivity contribution in [3.05, 3.63) is 99.5 Å². The minimum Gasteiger partial charge on any atom is -0.484 e. The van der Waals surface area contributed by atoms with Gasteiger partial charge in [0.1, 0.15) is 17.4 Å². The first-order chi connectivity index (χ1) is 15.9. The van der Waals surface area contributed by atoms with Gasteiger partial charge in [-0.3, -0.25) is 9.59 Å². The number of anilines is 1. The number of carbonyl (C=O) groups is 2. The summed E-state index contributed by atoms with van der Waals surface area (Å²) in [6, 6.07) is 22.5. The van der Waals surface area contributed by atoms with Gasteiger partial charge in [-0.15, -0.1) is 0 Å². The molecule has 166 valence electrons. The van der Waals surface area contributed by atoms with Crippen LogP contribution >= 0.6 is 23.2 Å². The van der Waals surface area contributed by atoms with Crippen LogP contribution in [-0.2, 0) is 16.1 Å². The molecule has 0 aliphatic carbocycles. The van der Waals surface area contributed by atoms with Gasteiger partial charge in [-0.2, -0.15) is 5.26 Å². The highest BCUT2D eigenvalue weighted by atomic mass is 35.5. The highest BCUT2D eigenvalue weighted by Crippen LogP contribution is 2.20. The third-order valence-corrected chi connectivity index (χ3v) is 5.02. The lowest BCUT2D eigenvalue weighted by Gasteiger charge is -2.09. The molecule has 0 bridgehead atoms. The predicted molar refractivity (Wildman–Crippen MR) is 129 cm³/mol. The second-order valence-electron chi connectivity index (χ2n) is 6.86. The molecule has 0 aliphatic rings. The number of benzene rings is 3. The average molecular weight is 480 g/mol. The number of amides is 2. The van der Waals surface area contributed by atoms with Crippen LogP contribution in [0.2, 0.25) is 10.0 Å². The summed E-state index contributed by atoms with van der Waals surface area (Å²) in [4.78, 5) is 24.4. The van der Waals surface area contributed by atoms with Gasteiger partial charge in [-0.05, 0) is 53.6 Å². The van der Waals surface area contributed by atoms with E-state index in [0.717, 1.165) is 5.56 Å². The van der Waals surface area contributed by atoms with Gasteiger partial charge in [-0.1, -0.05) is 59.6 Å². The van der Waals surface area contributed by atoms with Gasteiger partial charge in [0.2, 0.25) is 0 Å². The lowest BCUT2D eigenvalue weighted by molar-refractivity contribution is -0.118. The fourth-order valence-corrected chi connectivity index (χ4v) is 3.06. The van der Waals surface area contributed by atoms with E-state index >= 15 is 0 Å². The summed E-state index contributed by atoms with van der Waals surface area (Å²) in [5, 5.41) is 15.8. The van der Waals surface area contributed by atoms with Crippen LogP contribution in [0.5, 0.6) is 5.75 Å². The van der Waals surface area contributed by atoms with E-state index in [4.69, 9.17) is 27.9 Å². The van der Waals surface area contributed by atoms with Gasteiger partial charge in [0.05, 0.1) is 10.7 Å². The number of para-hydroxylation sites is 1. The van der Waals surface area contributed by atoms with E-state index < -0.39 is 5.91 Å². The maximum Gasteiger partial charge on any atom is 0.262 e. The van der Waals surface area contributed by atoms with Gasteiger partial charge in [0.15, 0.2) is 6.61 Å². The van der Waals surface area contributed by atoms with Crippen LogP contribution in [0.1, 0.15) is 11.1 Å². The van der Waals surface area contributed by atoms with Crippen LogP contribution < -0.4 is 15.4 Å². The van der Waals surface area contributed by atoms with Gasteiger partial charge >= 0.3 is 0 Å². The third-order valence-electron chi connectivity index (χ3n) is 4.44. The Bertz CT molecular complexity index is 1200. The number of carbonyl (C=O) groups excluding carboxylic acids is 2. The molecule has 0 spiro atoms. The molecule has 0 saturated heterocycles. The van der Waals surface area contributed by atoms with Crippen LogP contribution in [-0.4, -0.2) is 18.4 Å². The molecule has 0 unspecified atom stereocenters. The van der Waals surface area contributed by atoms with Crippen molar-refractivity contribution in [2.24, 2.45) is 0 Å². The third kappa shape index (κ3) is 7.39. The number of hydrogen-bond acceptors (Lipinski definition) is 4. The maximum atomic E-state index is 12.3. The second-order valence-corrected chi connectivity index (χ2v) is 7.71. The van der Waals surface area contributed by atoms with Crippen molar-refractivity contribution < 1.29 is 14.3 Å². The number of nitriles is 1. The van der Waals surface area contributed by atoms with Crippen molar-refractivity contribution in [3.63, 3.8) is 0 Å². The molecular formula is C25H19Cl2N3O3. The van der Waals surface area contributed by atoms with Crippen molar-refractivity contribution in [2.75, 3.05) is 11.9 Å². The summed E-state index contributed by atoms with van der Waals surface area (Å²) >= 11 is 11.9. The van der Waals surface area contributed by atoms with E-state index in [0.29, 0.717) is 27.0 Å². The molecule has 8 heteroatoms. The largest absolute Gasteiger partial charge is 0.484 e. The first-order valence-electron chi connectivity index (χ1n) is 9.86. The van der Waals surface area contributed by atoms with Crippen LogP contribution in [0.15, 0.2) is 78.4 Å². The number of ether oxygens (including phenoxy) is 1. The predicted octanol–water partition coefficient (Wildman–Crippen LogP) is 5.23. The summed E-state index contributed by atoms with van der Waals surface area (Å²) in [5.74, 6) is -0.368. The number of rotatable bonds is 8. The molecule has 0 aromatic heterocycles. The molecule has 0 aliphatic heterocycles. The molecule has 0 heterocycles. The average Bonchev–Trinajstić information content (AvgIpc) is 2.83. The summed E-state index contributed by atoms with van der Waals surface area (Å²) < 4.78 is 5.48. The Balaban J connectivity index is 1.53. The number of nitrogens with zero attached hydrogens (tertiary/aromatic N) is 1. The summed E-state index contributed by atoms with van der Waals surface area (Å²) in [7, 11) is 0. The Labute approximate surface area is 201 Å². The molecule has 2 amide bonds. The first kappa shape index (κ1) is 23.9. The Morgan fingerprint density at radius 3 is 2.33 bits per heavy atom. The molecular weight excluding hydrogens is 461 g/mol. The first-order valence-corrected chi connectivity index (χ1v) is 10.6.